The van der Waals surface area contributed by atoms with Crippen molar-refractivity contribution in [2.75, 3.05) is 5.88 Å². The van der Waals surface area contributed by atoms with Crippen molar-refractivity contribution >= 4 is 23.4 Å². The number of hydrogen-bond acceptors (Lipinski definition) is 4. The molecule has 0 aromatic carbocycles. The maximum Gasteiger partial charge on any atom is 0.321 e. The highest BCUT2D eigenvalue weighted by atomic mass is 35.5. The van der Waals surface area contributed by atoms with Gasteiger partial charge in [0.15, 0.2) is 0 Å². The molecule has 5 heteroatoms. The van der Waals surface area contributed by atoms with E-state index < -0.39 is 0 Å². The van der Waals surface area contributed by atoms with Crippen LogP contribution >= 0.6 is 11.6 Å². The fraction of sp³-hybridized carbons (Fsp3) is 0.917. The van der Waals surface area contributed by atoms with E-state index in [4.69, 9.17) is 16.3 Å². The average Bonchev–Trinajstić information content (AvgIpc) is 3.00. The second kappa shape index (κ2) is 7.51. The summed E-state index contributed by atoms with van der Waals surface area (Å²) in [7, 11) is 0. The molecule has 164 valence electrons. The molecule has 4 saturated carbocycles. The molecule has 0 amide bonds. The van der Waals surface area contributed by atoms with E-state index in [1.165, 1.54) is 0 Å². The SMILES string of the molecule is CC(=O)[C@H]1CC[C@H]2[C@@H]3CC(C)C4CC(O)CC[C@]4(C)[C@H]3C(OC(=O)CCl)C[C@]12C. The van der Waals surface area contributed by atoms with Crippen LogP contribution in [0.25, 0.3) is 0 Å². The zero-order chi connectivity index (χ0) is 21.1. The molecular weight excluding hydrogens is 388 g/mol. The molecule has 0 aliphatic heterocycles. The molecule has 0 aromatic heterocycles. The van der Waals surface area contributed by atoms with Crippen molar-refractivity contribution in [3.63, 3.8) is 0 Å². The zero-order valence-corrected chi connectivity index (χ0v) is 19.1. The van der Waals surface area contributed by atoms with Crippen LogP contribution < -0.4 is 0 Å². The lowest BCUT2D eigenvalue weighted by Crippen LogP contribution is -2.61. The van der Waals surface area contributed by atoms with Crippen molar-refractivity contribution in [3.8, 4) is 0 Å². The van der Waals surface area contributed by atoms with Crippen LogP contribution in [0.5, 0.6) is 0 Å². The molecule has 4 aliphatic rings. The highest BCUT2D eigenvalue weighted by Gasteiger charge is 2.65. The van der Waals surface area contributed by atoms with Crippen LogP contribution in [0, 0.1) is 46.3 Å². The smallest absolute Gasteiger partial charge is 0.321 e. The van der Waals surface area contributed by atoms with Crippen molar-refractivity contribution in [1.29, 1.82) is 0 Å². The Morgan fingerprint density at radius 2 is 1.83 bits per heavy atom. The first-order valence-electron chi connectivity index (χ1n) is 11.6. The molecule has 4 nitrogen and oxygen atoms in total. The Morgan fingerprint density at radius 3 is 2.48 bits per heavy atom. The van der Waals surface area contributed by atoms with Gasteiger partial charge in [0.25, 0.3) is 0 Å². The Bertz CT molecular complexity index is 680. The first-order valence-corrected chi connectivity index (χ1v) is 12.1. The minimum Gasteiger partial charge on any atom is -0.461 e. The number of hydrogen-bond donors (Lipinski definition) is 1. The molecule has 0 bridgehead atoms. The third-order valence-electron chi connectivity index (χ3n) is 9.79. The van der Waals surface area contributed by atoms with Gasteiger partial charge >= 0.3 is 5.97 Å². The highest BCUT2D eigenvalue weighted by Crippen LogP contribution is 2.68. The number of aliphatic hydroxyl groups is 1. The Kier molecular flexibility index (Phi) is 5.60. The highest BCUT2D eigenvalue weighted by molar-refractivity contribution is 6.26. The fourth-order valence-electron chi connectivity index (χ4n) is 8.79. The lowest BCUT2D eigenvalue weighted by molar-refractivity contribution is -0.206. The molecule has 4 fully saturated rings. The van der Waals surface area contributed by atoms with Gasteiger partial charge in [0, 0.05) is 11.8 Å². The fourth-order valence-corrected chi connectivity index (χ4v) is 8.85. The molecular formula is C24H37ClO4. The molecule has 4 rings (SSSR count). The van der Waals surface area contributed by atoms with Gasteiger partial charge in [-0.15, -0.1) is 11.6 Å². The second-order valence-corrected chi connectivity index (χ2v) is 11.4. The van der Waals surface area contributed by atoms with Crippen LogP contribution in [0.3, 0.4) is 0 Å². The quantitative estimate of drug-likeness (QED) is 0.531. The molecule has 10 atom stereocenters. The predicted molar refractivity (Wildman–Crippen MR) is 112 cm³/mol. The monoisotopic (exact) mass is 424 g/mol. The number of carbonyl (C=O) groups is 2. The summed E-state index contributed by atoms with van der Waals surface area (Å²) in [4.78, 5) is 24.8. The average molecular weight is 425 g/mol. The number of esters is 1. The van der Waals surface area contributed by atoms with E-state index in [-0.39, 0.29) is 46.6 Å². The topological polar surface area (TPSA) is 63.6 Å². The van der Waals surface area contributed by atoms with E-state index in [9.17, 15) is 14.7 Å². The van der Waals surface area contributed by atoms with Gasteiger partial charge in [-0.2, -0.15) is 0 Å². The van der Waals surface area contributed by atoms with Crippen LogP contribution in [0.4, 0.5) is 0 Å². The van der Waals surface area contributed by atoms with Crippen LogP contribution in [0.2, 0.25) is 0 Å². The number of aliphatic hydroxyl groups excluding tert-OH is 1. The summed E-state index contributed by atoms with van der Waals surface area (Å²) >= 11 is 5.82. The second-order valence-electron chi connectivity index (χ2n) is 11.2. The zero-order valence-electron chi connectivity index (χ0n) is 18.3. The number of fused-ring (bicyclic) bond motifs is 5. The normalized spacial score (nSPS) is 51.5. The molecule has 0 saturated heterocycles. The maximum absolute atomic E-state index is 12.5. The molecule has 1 N–H and O–H groups in total. The van der Waals surface area contributed by atoms with E-state index in [0.29, 0.717) is 29.6 Å². The number of alkyl halides is 1. The molecule has 4 unspecified atom stereocenters. The van der Waals surface area contributed by atoms with E-state index in [0.717, 1.165) is 44.9 Å². The van der Waals surface area contributed by atoms with Gasteiger partial charge in [-0.25, -0.2) is 0 Å². The van der Waals surface area contributed by atoms with E-state index >= 15 is 0 Å². The Hall–Kier alpha value is -0.610. The van der Waals surface area contributed by atoms with Crippen molar-refractivity contribution in [3.05, 3.63) is 0 Å². The number of halogens is 1. The molecule has 4 aliphatic carbocycles. The minimum atomic E-state index is -0.343. The number of Topliss-reactive ketones (excluding diaryl/α,β-unsaturated/α-hetero) is 1. The third kappa shape index (κ3) is 3.28. The van der Waals surface area contributed by atoms with Crippen molar-refractivity contribution < 1.29 is 19.4 Å². The minimum absolute atomic E-state index is 0.0640. The molecule has 0 radical (unpaired) electrons. The van der Waals surface area contributed by atoms with Crippen LogP contribution in [0.15, 0.2) is 0 Å². The van der Waals surface area contributed by atoms with Gasteiger partial charge in [-0.05, 0) is 86.4 Å². The van der Waals surface area contributed by atoms with Gasteiger partial charge in [-0.3, -0.25) is 9.59 Å². The first kappa shape index (κ1) is 21.6. The molecule has 0 spiro atoms. The summed E-state index contributed by atoms with van der Waals surface area (Å²) in [6.07, 6.45) is 6.23. The summed E-state index contributed by atoms with van der Waals surface area (Å²) in [6, 6.07) is 0. The van der Waals surface area contributed by atoms with Crippen LogP contribution in [-0.4, -0.2) is 34.9 Å². The Balaban J connectivity index is 1.75. The molecule has 29 heavy (non-hydrogen) atoms. The number of ether oxygens (including phenoxy) is 1. The maximum atomic E-state index is 12.5. The summed E-state index contributed by atoms with van der Waals surface area (Å²) in [5.41, 5.74) is -0.0319. The Labute approximate surface area is 180 Å². The molecule has 0 heterocycles. The van der Waals surface area contributed by atoms with Crippen molar-refractivity contribution in [2.24, 2.45) is 46.3 Å². The van der Waals surface area contributed by atoms with E-state index in [1.807, 2.05) is 0 Å². The summed E-state index contributed by atoms with van der Waals surface area (Å²) in [5.74, 6) is 2.16. The summed E-state index contributed by atoms with van der Waals surface area (Å²) < 4.78 is 6.04. The Morgan fingerprint density at radius 1 is 1.10 bits per heavy atom. The van der Waals surface area contributed by atoms with Crippen LogP contribution in [-0.2, 0) is 14.3 Å². The summed E-state index contributed by atoms with van der Waals surface area (Å²) in [6.45, 7) is 8.74. The largest absolute Gasteiger partial charge is 0.461 e. The van der Waals surface area contributed by atoms with Gasteiger partial charge in [0.2, 0.25) is 0 Å². The first-order chi connectivity index (χ1) is 13.6. The van der Waals surface area contributed by atoms with Gasteiger partial charge in [0.1, 0.15) is 17.8 Å². The van der Waals surface area contributed by atoms with Gasteiger partial charge in [-0.1, -0.05) is 20.8 Å². The standard InChI is InChI=1S/C24H37ClO4/c1-13-9-16-18-6-5-17(14(2)26)24(18,4)11-20(29-21(28)12-25)22(16)23(3)8-7-15(27)10-19(13)23/h13,15-20,22,27H,5-12H2,1-4H3/t13?,15?,16-,17+,18-,19?,20?,22+,23-,24+/m0/s1. The van der Waals surface area contributed by atoms with Crippen molar-refractivity contribution in [1.82, 2.24) is 0 Å². The van der Waals surface area contributed by atoms with Crippen LogP contribution in [0.1, 0.15) is 72.6 Å². The number of ketones is 1. The lowest BCUT2D eigenvalue weighted by atomic mass is 9.42. The third-order valence-corrected chi connectivity index (χ3v) is 10.0. The molecule has 0 aromatic rings. The van der Waals surface area contributed by atoms with Crippen molar-refractivity contribution in [2.45, 2.75) is 84.8 Å². The lowest BCUT2D eigenvalue weighted by Gasteiger charge is -2.64. The van der Waals surface area contributed by atoms with E-state index in [1.54, 1.807) is 6.92 Å². The number of carbonyl (C=O) groups excluding carboxylic acids is 2. The summed E-state index contributed by atoms with van der Waals surface area (Å²) in [5, 5.41) is 10.4. The van der Waals surface area contributed by atoms with Gasteiger partial charge < -0.3 is 9.84 Å². The van der Waals surface area contributed by atoms with E-state index in [2.05, 4.69) is 20.8 Å². The van der Waals surface area contributed by atoms with Gasteiger partial charge in [0.05, 0.1) is 6.10 Å². The number of rotatable bonds is 3. The predicted octanol–water partition coefficient (Wildman–Crippen LogP) is 4.60.